The average Bonchev–Trinajstić information content (AvgIpc) is 2.81. The molecule has 1 atom stereocenters. The minimum atomic E-state index is -4.47. The molecule has 2 aromatic carbocycles. The second kappa shape index (κ2) is 13.0. The maximum Gasteiger partial charge on any atom is 0.416 e. The van der Waals surface area contributed by atoms with Gasteiger partial charge in [-0.1, -0.05) is 45.2 Å². The second-order valence-electron chi connectivity index (χ2n) is 8.26. The van der Waals surface area contributed by atoms with Crippen LogP contribution in [0.2, 0.25) is 0 Å². The Morgan fingerprint density at radius 3 is 2.32 bits per heavy atom. The summed E-state index contributed by atoms with van der Waals surface area (Å²) >= 11 is 0. The van der Waals surface area contributed by atoms with Crippen LogP contribution < -0.4 is 10.1 Å². The van der Waals surface area contributed by atoms with E-state index in [0.717, 1.165) is 55.5 Å². The van der Waals surface area contributed by atoms with Gasteiger partial charge in [-0.05, 0) is 55.2 Å². The monoisotopic (exact) mass is 479 g/mol. The Labute approximate surface area is 198 Å². The van der Waals surface area contributed by atoms with E-state index in [9.17, 15) is 27.9 Å². The minimum absolute atomic E-state index is 0.0991. The lowest BCUT2D eigenvalue weighted by Crippen LogP contribution is -2.23. The lowest BCUT2D eigenvalue weighted by atomic mass is 9.95. The van der Waals surface area contributed by atoms with Gasteiger partial charge in [-0.15, -0.1) is 0 Å². The smallest absolute Gasteiger partial charge is 0.416 e. The van der Waals surface area contributed by atoms with Gasteiger partial charge in [0.05, 0.1) is 18.1 Å². The van der Waals surface area contributed by atoms with Crippen molar-refractivity contribution in [3.8, 4) is 5.75 Å². The summed E-state index contributed by atoms with van der Waals surface area (Å²) in [6, 6.07) is 9.45. The molecule has 0 spiro atoms. The summed E-state index contributed by atoms with van der Waals surface area (Å²) < 4.78 is 44.2. The topological polar surface area (TPSA) is 75.6 Å². The number of benzene rings is 2. The zero-order chi connectivity index (χ0) is 25.1. The summed E-state index contributed by atoms with van der Waals surface area (Å²) in [5, 5.41) is 12.1. The highest BCUT2D eigenvalue weighted by Gasteiger charge is 2.30. The SMILES string of the molecule is CCCCCCOc1ccc(C[C@H](CC)C(=O)O)cc1CNC(=O)c1ccc(C(F)(F)F)cc1. The van der Waals surface area contributed by atoms with Crippen LogP contribution in [0.1, 0.15) is 73.0 Å². The molecule has 0 radical (unpaired) electrons. The van der Waals surface area contributed by atoms with Gasteiger partial charge in [-0.2, -0.15) is 13.2 Å². The first-order valence-corrected chi connectivity index (χ1v) is 11.6. The van der Waals surface area contributed by atoms with Gasteiger partial charge in [0.1, 0.15) is 5.75 Å². The van der Waals surface area contributed by atoms with Crippen LogP contribution in [0.3, 0.4) is 0 Å². The number of amides is 1. The van der Waals surface area contributed by atoms with E-state index >= 15 is 0 Å². The van der Waals surface area contributed by atoms with Crippen molar-refractivity contribution in [3.63, 3.8) is 0 Å². The van der Waals surface area contributed by atoms with Crippen LogP contribution in [0.25, 0.3) is 0 Å². The van der Waals surface area contributed by atoms with E-state index in [4.69, 9.17) is 4.74 Å². The van der Waals surface area contributed by atoms with Crippen molar-refractivity contribution in [2.75, 3.05) is 6.61 Å². The van der Waals surface area contributed by atoms with Crippen LogP contribution in [0, 0.1) is 5.92 Å². The van der Waals surface area contributed by atoms with Crippen molar-refractivity contribution < 1.29 is 32.6 Å². The zero-order valence-corrected chi connectivity index (χ0v) is 19.6. The van der Waals surface area contributed by atoms with E-state index in [0.29, 0.717) is 30.8 Å². The summed E-state index contributed by atoms with van der Waals surface area (Å²) in [4.78, 5) is 23.9. The van der Waals surface area contributed by atoms with Crippen molar-refractivity contribution in [2.24, 2.45) is 5.92 Å². The van der Waals surface area contributed by atoms with Gasteiger partial charge in [0, 0.05) is 17.7 Å². The molecule has 0 bridgehead atoms. The third-order valence-corrected chi connectivity index (χ3v) is 5.62. The van der Waals surface area contributed by atoms with Crippen LogP contribution in [0.15, 0.2) is 42.5 Å². The molecular formula is C26H32F3NO4. The molecule has 5 nitrogen and oxygen atoms in total. The highest BCUT2D eigenvalue weighted by molar-refractivity contribution is 5.94. The van der Waals surface area contributed by atoms with Crippen LogP contribution in [0.4, 0.5) is 13.2 Å². The summed E-state index contributed by atoms with van der Waals surface area (Å²) in [5.74, 6) is -1.30. The lowest BCUT2D eigenvalue weighted by molar-refractivity contribution is -0.141. The number of carboxylic acid groups (broad SMARTS) is 1. The van der Waals surface area contributed by atoms with Gasteiger partial charge < -0.3 is 15.2 Å². The molecule has 0 aliphatic heterocycles. The molecule has 0 aromatic heterocycles. The molecule has 186 valence electrons. The summed E-state index contributed by atoms with van der Waals surface area (Å²) in [6.07, 6.45) is 0.540. The number of carbonyl (C=O) groups excluding carboxylic acids is 1. The fraction of sp³-hybridized carbons (Fsp3) is 0.462. The number of hydrogen-bond donors (Lipinski definition) is 2. The molecule has 0 heterocycles. The van der Waals surface area contributed by atoms with E-state index in [1.54, 1.807) is 6.07 Å². The third-order valence-electron chi connectivity index (χ3n) is 5.62. The van der Waals surface area contributed by atoms with Crippen molar-refractivity contribution in [1.29, 1.82) is 0 Å². The number of aliphatic carboxylic acids is 1. The Balaban J connectivity index is 2.13. The van der Waals surface area contributed by atoms with Crippen molar-refractivity contribution in [3.05, 3.63) is 64.7 Å². The Bertz CT molecular complexity index is 942. The van der Waals surface area contributed by atoms with Gasteiger partial charge in [-0.25, -0.2) is 0 Å². The molecule has 0 aliphatic rings. The normalized spacial score (nSPS) is 12.3. The van der Waals surface area contributed by atoms with Crippen molar-refractivity contribution in [1.82, 2.24) is 5.32 Å². The Kier molecular flexibility index (Phi) is 10.4. The van der Waals surface area contributed by atoms with Gasteiger partial charge in [0.15, 0.2) is 0 Å². The number of rotatable bonds is 13. The first kappa shape index (κ1) is 27.2. The molecule has 1 amide bonds. The maximum absolute atomic E-state index is 12.8. The number of carboxylic acids is 1. The van der Waals surface area contributed by atoms with E-state index in [1.165, 1.54) is 0 Å². The molecular weight excluding hydrogens is 447 g/mol. The number of unbranched alkanes of at least 4 members (excludes halogenated alkanes) is 3. The second-order valence-corrected chi connectivity index (χ2v) is 8.26. The number of halogens is 3. The fourth-order valence-corrected chi connectivity index (χ4v) is 3.53. The fourth-order valence-electron chi connectivity index (χ4n) is 3.53. The summed E-state index contributed by atoms with van der Waals surface area (Å²) in [5.41, 5.74) is 0.794. The van der Waals surface area contributed by atoms with Crippen LogP contribution in [0.5, 0.6) is 5.75 Å². The molecule has 0 unspecified atom stereocenters. The standard InChI is InChI=1S/C26H32F3NO4/c1-3-5-6-7-14-34-23-13-8-18(15-19(4-2)25(32)33)16-21(23)17-30-24(31)20-9-11-22(12-10-20)26(27,28)29/h8-13,16,19H,3-7,14-15,17H2,1-2H3,(H,30,31)(H,32,33)/t19-/m0/s1. The van der Waals surface area contributed by atoms with Crippen LogP contribution in [-0.2, 0) is 23.9 Å². The lowest BCUT2D eigenvalue weighted by Gasteiger charge is -2.16. The first-order chi connectivity index (χ1) is 16.2. The Hall–Kier alpha value is -3.03. The maximum atomic E-state index is 12.8. The van der Waals surface area contributed by atoms with Gasteiger partial charge in [0.2, 0.25) is 0 Å². The van der Waals surface area contributed by atoms with E-state index in [1.807, 2.05) is 19.1 Å². The first-order valence-electron chi connectivity index (χ1n) is 11.6. The molecule has 8 heteroatoms. The van der Waals surface area contributed by atoms with E-state index in [2.05, 4.69) is 12.2 Å². The van der Waals surface area contributed by atoms with Gasteiger partial charge >= 0.3 is 12.1 Å². The van der Waals surface area contributed by atoms with Crippen LogP contribution in [-0.4, -0.2) is 23.6 Å². The molecule has 2 aromatic rings. The molecule has 0 fully saturated rings. The minimum Gasteiger partial charge on any atom is -0.493 e. The van der Waals surface area contributed by atoms with Crippen molar-refractivity contribution in [2.45, 2.75) is 65.1 Å². The predicted molar refractivity (Wildman–Crippen MR) is 124 cm³/mol. The van der Waals surface area contributed by atoms with E-state index in [-0.39, 0.29) is 12.1 Å². The number of ether oxygens (including phenoxy) is 1. The van der Waals surface area contributed by atoms with Gasteiger partial charge in [-0.3, -0.25) is 9.59 Å². The highest BCUT2D eigenvalue weighted by atomic mass is 19.4. The zero-order valence-electron chi connectivity index (χ0n) is 19.6. The van der Waals surface area contributed by atoms with Gasteiger partial charge in [0.25, 0.3) is 5.91 Å². The number of nitrogens with one attached hydrogen (secondary N) is 1. The largest absolute Gasteiger partial charge is 0.493 e. The highest BCUT2D eigenvalue weighted by Crippen LogP contribution is 2.29. The molecule has 2 rings (SSSR count). The molecule has 0 saturated carbocycles. The quantitative estimate of drug-likeness (QED) is 0.333. The summed E-state index contributed by atoms with van der Waals surface area (Å²) in [7, 11) is 0. The molecule has 0 saturated heterocycles. The number of alkyl halides is 3. The summed E-state index contributed by atoms with van der Waals surface area (Å²) in [6.45, 7) is 4.56. The average molecular weight is 480 g/mol. The van der Waals surface area contributed by atoms with Crippen LogP contribution >= 0.6 is 0 Å². The predicted octanol–water partition coefficient (Wildman–Crippen LogP) is 6.25. The number of carbonyl (C=O) groups is 2. The third kappa shape index (κ3) is 8.39. The van der Waals surface area contributed by atoms with Crippen molar-refractivity contribution >= 4 is 11.9 Å². The Morgan fingerprint density at radius 1 is 1.03 bits per heavy atom. The molecule has 34 heavy (non-hydrogen) atoms. The molecule has 2 N–H and O–H groups in total. The molecule has 0 aliphatic carbocycles. The number of hydrogen-bond acceptors (Lipinski definition) is 3. The Morgan fingerprint density at radius 2 is 1.74 bits per heavy atom. The van der Waals surface area contributed by atoms with E-state index < -0.39 is 29.5 Å².